The molecule has 0 spiro atoms. The number of hydrogen-bond donors (Lipinski definition) is 2. The van der Waals surface area contributed by atoms with E-state index in [2.05, 4.69) is 24.4 Å². The maximum absolute atomic E-state index is 13.1. The maximum atomic E-state index is 13.1. The number of hydrogen-bond acceptors (Lipinski definition) is 2. The fourth-order valence-electron chi connectivity index (χ4n) is 2.55. The topological polar surface area (TPSA) is 54.6 Å². The quantitative estimate of drug-likeness (QED) is 0.703. The highest BCUT2D eigenvalue weighted by atomic mass is 19.1. The molecule has 0 aliphatic carbocycles. The lowest BCUT2D eigenvalue weighted by molar-refractivity contribution is -0.857. The number of benzene rings is 1. The first-order valence-electron chi connectivity index (χ1n) is 9.06. The number of likely N-dealkylation sites (N-methyl/N-ethyl adjacent to an activating group) is 1. The third-order valence-corrected chi connectivity index (χ3v) is 4.10. The monoisotopic (exact) mass is 362 g/mol. The van der Waals surface area contributed by atoms with Crippen LogP contribution in [-0.4, -0.2) is 54.2 Å². The number of rotatable bonds is 9. The van der Waals surface area contributed by atoms with Crippen LogP contribution in [0.25, 0.3) is 0 Å². The van der Waals surface area contributed by atoms with E-state index >= 15 is 0 Å². The van der Waals surface area contributed by atoms with Crippen molar-refractivity contribution in [3.63, 3.8) is 0 Å². The molecule has 2 amide bonds. The van der Waals surface area contributed by atoms with Crippen LogP contribution in [0.3, 0.4) is 0 Å². The maximum Gasteiger partial charge on any atom is 0.318 e. The van der Waals surface area contributed by atoms with Crippen molar-refractivity contribution in [1.29, 1.82) is 0 Å². The predicted octanol–water partition coefficient (Wildman–Crippen LogP) is 1.14. The molecule has 2 aromatic rings. The average Bonchev–Trinajstić information content (AvgIpc) is 3.05. The molecule has 2 rings (SSSR count). The van der Waals surface area contributed by atoms with Crippen LogP contribution < -0.4 is 10.2 Å². The highest BCUT2D eigenvalue weighted by Crippen LogP contribution is 2.09. The first-order chi connectivity index (χ1) is 12.5. The second-order valence-corrected chi connectivity index (χ2v) is 6.71. The average molecular weight is 362 g/mol. The highest BCUT2D eigenvalue weighted by molar-refractivity contribution is 5.74. The Balaban J connectivity index is 2.08. The summed E-state index contributed by atoms with van der Waals surface area (Å²) in [7, 11) is 4.13. The zero-order chi connectivity index (χ0) is 18.9. The van der Waals surface area contributed by atoms with Gasteiger partial charge in [-0.15, -0.1) is 0 Å². The molecule has 6 nitrogen and oxygen atoms in total. The number of urea groups is 1. The Bertz CT molecular complexity index is 683. The second kappa shape index (κ2) is 9.91. The summed E-state index contributed by atoms with van der Waals surface area (Å²) in [5.41, 5.74) is 0.991. The number of nitrogens with zero attached hydrogens (tertiary/aromatic N) is 3. The van der Waals surface area contributed by atoms with E-state index in [1.54, 1.807) is 23.2 Å². The van der Waals surface area contributed by atoms with Crippen molar-refractivity contribution >= 4 is 6.03 Å². The number of quaternary nitrogens is 1. The summed E-state index contributed by atoms with van der Waals surface area (Å²) < 4.78 is 15.1. The second-order valence-electron chi connectivity index (χ2n) is 6.71. The number of carbonyl (C=O) groups excluding carboxylic acids is 1. The van der Waals surface area contributed by atoms with Gasteiger partial charge in [0.2, 0.25) is 0 Å². The van der Waals surface area contributed by atoms with Crippen molar-refractivity contribution in [2.45, 2.75) is 26.4 Å². The normalized spacial score (nSPS) is 11.0. The fraction of sp³-hybridized carbons (Fsp3) is 0.474. The Hall–Kier alpha value is -2.41. The summed E-state index contributed by atoms with van der Waals surface area (Å²) in [6.45, 7) is 5.24. The highest BCUT2D eigenvalue weighted by Gasteiger charge is 2.17. The zero-order valence-electron chi connectivity index (χ0n) is 15.8. The van der Waals surface area contributed by atoms with E-state index in [0.29, 0.717) is 26.2 Å². The van der Waals surface area contributed by atoms with Crippen molar-refractivity contribution in [2.24, 2.45) is 0 Å². The van der Waals surface area contributed by atoms with Gasteiger partial charge in [-0.25, -0.2) is 14.2 Å². The van der Waals surface area contributed by atoms with E-state index < -0.39 is 0 Å². The van der Waals surface area contributed by atoms with E-state index in [0.717, 1.165) is 24.4 Å². The molecule has 0 fully saturated rings. The van der Waals surface area contributed by atoms with Crippen LogP contribution in [0.5, 0.6) is 0 Å². The number of aromatic nitrogens is 2. The van der Waals surface area contributed by atoms with E-state index in [4.69, 9.17) is 0 Å². The van der Waals surface area contributed by atoms with E-state index in [9.17, 15) is 9.18 Å². The molecule has 0 aliphatic rings. The molecule has 0 atom stereocenters. The molecular formula is C19H29FN5O+. The number of halogens is 1. The van der Waals surface area contributed by atoms with Gasteiger partial charge in [-0.05, 0) is 24.1 Å². The Kier molecular flexibility index (Phi) is 7.59. The molecule has 0 saturated carbocycles. The van der Waals surface area contributed by atoms with Crippen molar-refractivity contribution in [2.75, 3.05) is 33.7 Å². The van der Waals surface area contributed by atoms with E-state index in [1.165, 1.54) is 17.0 Å². The molecule has 1 aromatic carbocycles. The Morgan fingerprint density at radius 3 is 2.69 bits per heavy atom. The van der Waals surface area contributed by atoms with Crippen molar-refractivity contribution < 1.29 is 14.1 Å². The Morgan fingerprint density at radius 2 is 2.04 bits per heavy atom. The van der Waals surface area contributed by atoms with Crippen molar-refractivity contribution in [1.82, 2.24) is 19.8 Å². The summed E-state index contributed by atoms with van der Waals surface area (Å²) in [5.74, 6) is 0.569. The van der Waals surface area contributed by atoms with Crippen LogP contribution >= 0.6 is 0 Å². The minimum absolute atomic E-state index is 0.0653. The first-order valence-corrected chi connectivity index (χ1v) is 9.06. The third-order valence-electron chi connectivity index (χ3n) is 4.10. The summed E-state index contributed by atoms with van der Waals surface area (Å²) in [6.07, 6.45) is 4.52. The standard InChI is InChI=1S/C19H28FN5O/c1-4-9-22-19(26)25(13-12-23(2)3)15-18-21-10-11-24(18)14-16-5-7-17(20)8-6-16/h5-8,10-11H,4,9,12-15H2,1-3H3,(H,22,26)/p+1. The molecule has 0 saturated heterocycles. The Labute approximate surface area is 154 Å². The smallest absolute Gasteiger partial charge is 0.318 e. The van der Waals surface area contributed by atoms with Gasteiger partial charge in [-0.2, -0.15) is 0 Å². The van der Waals surface area contributed by atoms with Gasteiger partial charge in [0.15, 0.2) is 0 Å². The van der Waals surface area contributed by atoms with Gasteiger partial charge in [0.1, 0.15) is 11.6 Å². The predicted molar refractivity (Wildman–Crippen MR) is 99.5 cm³/mol. The van der Waals surface area contributed by atoms with Gasteiger partial charge < -0.3 is 19.7 Å². The molecule has 0 bridgehead atoms. The van der Waals surface area contributed by atoms with Gasteiger partial charge >= 0.3 is 6.03 Å². The lowest BCUT2D eigenvalue weighted by Gasteiger charge is -2.23. The molecule has 0 unspecified atom stereocenters. The van der Waals surface area contributed by atoms with Crippen LogP contribution in [0, 0.1) is 5.82 Å². The van der Waals surface area contributed by atoms with E-state index in [1.807, 2.05) is 17.7 Å². The van der Waals surface area contributed by atoms with Crippen LogP contribution in [0.15, 0.2) is 36.7 Å². The Morgan fingerprint density at radius 1 is 1.31 bits per heavy atom. The molecular weight excluding hydrogens is 333 g/mol. The SMILES string of the molecule is CCCNC(=O)N(CC[NH+](C)C)Cc1nccn1Cc1ccc(F)cc1. The lowest BCUT2D eigenvalue weighted by Crippen LogP contribution is -3.06. The van der Waals surface area contributed by atoms with Crippen LogP contribution in [0.2, 0.25) is 0 Å². The number of imidazole rings is 1. The molecule has 7 heteroatoms. The van der Waals surface area contributed by atoms with E-state index in [-0.39, 0.29) is 11.8 Å². The van der Waals surface area contributed by atoms with Gasteiger partial charge in [-0.3, -0.25) is 0 Å². The molecule has 1 heterocycles. The molecule has 2 N–H and O–H groups in total. The summed E-state index contributed by atoms with van der Waals surface area (Å²) >= 11 is 0. The molecule has 0 aliphatic heterocycles. The summed E-state index contributed by atoms with van der Waals surface area (Å²) in [4.78, 5) is 20.0. The molecule has 26 heavy (non-hydrogen) atoms. The van der Waals surface area contributed by atoms with Crippen LogP contribution in [0.1, 0.15) is 24.7 Å². The van der Waals surface area contributed by atoms with Gasteiger partial charge in [0.25, 0.3) is 0 Å². The minimum Gasteiger partial charge on any atom is -0.338 e. The fourth-order valence-corrected chi connectivity index (χ4v) is 2.55. The molecule has 0 radical (unpaired) electrons. The van der Waals surface area contributed by atoms with Crippen LogP contribution in [-0.2, 0) is 13.1 Å². The minimum atomic E-state index is -0.246. The summed E-state index contributed by atoms with van der Waals surface area (Å²) in [6, 6.07) is 6.37. The van der Waals surface area contributed by atoms with Crippen molar-refractivity contribution in [3.8, 4) is 0 Å². The third kappa shape index (κ3) is 6.15. The van der Waals surface area contributed by atoms with Crippen LogP contribution in [0.4, 0.5) is 9.18 Å². The van der Waals surface area contributed by atoms with Gasteiger partial charge in [0, 0.05) is 25.5 Å². The number of nitrogens with one attached hydrogen (secondary N) is 2. The van der Waals surface area contributed by atoms with Gasteiger partial charge in [0.05, 0.1) is 33.7 Å². The zero-order valence-corrected chi connectivity index (χ0v) is 15.8. The molecule has 1 aromatic heterocycles. The molecule has 142 valence electrons. The summed E-state index contributed by atoms with van der Waals surface area (Å²) in [5, 5.41) is 2.94. The first kappa shape index (κ1) is 19.9. The van der Waals surface area contributed by atoms with Crippen molar-refractivity contribution in [3.05, 3.63) is 53.9 Å². The largest absolute Gasteiger partial charge is 0.338 e. The van der Waals surface area contributed by atoms with Gasteiger partial charge in [-0.1, -0.05) is 19.1 Å². The number of carbonyl (C=O) groups is 1. The number of amides is 2. The lowest BCUT2D eigenvalue weighted by atomic mass is 10.2.